The van der Waals surface area contributed by atoms with E-state index in [0.29, 0.717) is 0 Å². The topological polar surface area (TPSA) is 41.7 Å². The first kappa shape index (κ1) is 13.2. The number of nitrogen functional groups attached to an aromatic ring is 1. The first-order valence-corrected chi connectivity index (χ1v) is 6.52. The van der Waals surface area contributed by atoms with Gasteiger partial charge < -0.3 is 15.4 Å². The predicted octanol–water partition coefficient (Wildman–Crippen LogP) is 1.41. The number of ether oxygens (including phenoxy) is 1. The van der Waals surface area contributed by atoms with Gasteiger partial charge in [-0.15, -0.1) is 0 Å². The maximum absolute atomic E-state index is 5.86. The molecular formula is C14H23N3O. The van der Waals surface area contributed by atoms with E-state index in [1.807, 2.05) is 18.2 Å². The predicted molar refractivity (Wildman–Crippen MR) is 74.8 cm³/mol. The van der Waals surface area contributed by atoms with Crippen LogP contribution in [0.1, 0.15) is 12.0 Å². The molecule has 2 N–H and O–H groups in total. The van der Waals surface area contributed by atoms with Crippen LogP contribution in [-0.2, 0) is 6.54 Å². The highest BCUT2D eigenvalue weighted by Gasteiger charge is 2.14. The summed E-state index contributed by atoms with van der Waals surface area (Å²) < 4.78 is 5.40. The standard InChI is InChI=1S/C14H23N3O/c1-16-6-3-7-17(9-8-16)11-12-10-13(15)4-5-14(12)18-2/h4-5,10H,3,6-9,11,15H2,1-2H3. The summed E-state index contributed by atoms with van der Waals surface area (Å²) >= 11 is 0. The van der Waals surface area contributed by atoms with Crippen LogP contribution in [0.25, 0.3) is 0 Å². The fourth-order valence-corrected chi connectivity index (χ4v) is 2.42. The Morgan fingerprint density at radius 2 is 2.06 bits per heavy atom. The Bertz CT molecular complexity index is 395. The average molecular weight is 249 g/mol. The molecule has 4 heteroatoms. The van der Waals surface area contributed by atoms with Crippen molar-refractivity contribution in [3.63, 3.8) is 0 Å². The molecule has 0 amide bonds. The average Bonchev–Trinajstić information content (AvgIpc) is 2.55. The largest absolute Gasteiger partial charge is 0.496 e. The molecule has 1 aliphatic heterocycles. The SMILES string of the molecule is COc1ccc(N)cc1CN1CCCN(C)CC1. The van der Waals surface area contributed by atoms with Gasteiger partial charge in [0.1, 0.15) is 5.75 Å². The summed E-state index contributed by atoms with van der Waals surface area (Å²) in [6.07, 6.45) is 1.22. The number of nitrogens with two attached hydrogens (primary N) is 1. The lowest BCUT2D eigenvalue weighted by atomic mass is 10.1. The Morgan fingerprint density at radius 1 is 1.22 bits per heavy atom. The lowest BCUT2D eigenvalue weighted by Gasteiger charge is -2.21. The second kappa shape index (κ2) is 6.07. The minimum atomic E-state index is 0.803. The normalized spacial score (nSPS) is 18.6. The number of hydrogen-bond donors (Lipinski definition) is 1. The van der Waals surface area contributed by atoms with Gasteiger partial charge in [-0.05, 0) is 44.8 Å². The summed E-state index contributed by atoms with van der Waals surface area (Å²) in [5.74, 6) is 0.932. The van der Waals surface area contributed by atoms with Crippen LogP contribution in [0.5, 0.6) is 5.75 Å². The first-order valence-electron chi connectivity index (χ1n) is 6.52. The number of methoxy groups -OCH3 is 1. The van der Waals surface area contributed by atoms with Gasteiger partial charge in [-0.1, -0.05) is 0 Å². The van der Waals surface area contributed by atoms with Gasteiger partial charge in [0, 0.05) is 30.9 Å². The third-order valence-electron chi connectivity index (χ3n) is 3.51. The molecule has 1 heterocycles. The van der Waals surface area contributed by atoms with Crippen LogP contribution in [0.15, 0.2) is 18.2 Å². The van der Waals surface area contributed by atoms with Gasteiger partial charge in [-0.2, -0.15) is 0 Å². The zero-order valence-corrected chi connectivity index (χ0v) is 11.4. The molecule has 0 radical (unpaired) electrons. The van der Waals surface area contributed by atoms with Crippen LogP contribution in [0.4, 0.5) is 5.69 Å². The van der Waals surface area contributed by atoms with E-state index < -0.39 is 0 Å². The van der Waals surface area contributed by atoms with Crippen molar-refractivity contribution in [1.29, 1.82) is 0 Å². The molecule has 0 bridgehead atoms. The summed E-state index contributed by atoms with van der Waals surface area (Å²) in [5, 5.41) is 0. The number of hydrogen-bond acceptors (Lipinski definition) is 4. The lowest BCUT2D eigenvalue weighted by molar-refractivity contribution is 0.265. The Morgan fingerprint density at radius 3 is 2.83 bits per heavy atom. The van der Waals surface area contributed by atoms with Crippen molar-refractivity contribution in [1.82, 2.24) is 9.80 Å². The number of likely N-dealkylation sites (N-methyl/N-ethyl adjacent to an activating group) is 1. The molecule has 0 saturated carbocycles. The van der Waals surface area contributed by atoms with Crippen molar-refractivity contribution in [3.05, 3.63) is 23.8 Å². The molecule has 18 heavy (non-hydrogen) atoms. The van der Waals surface area contributed by atoms with E-state index in [1.54, 1.807) is 7.11 Å². The monoisotopic (exact) mass is 249 g/mol. The maximum Gasteiger partial charge on any atom is 0.123 e. The zero-order valence-electron chi connectivity index (χ0n) is 11.4. The van der Waals surface area contributed by atoms with Gasteiger partial charge in [0.15, 0.2) is 0 Å². The number of nitrogens with zero attached hydrogens (tertiary/aromatic N) is 2. The Balaban J connectivity index is 2.05. The van der Waals surface area contributed by atoms with Crippen molar-refractivity contribution < 1.29 is 4.74 Å². The van der Waals surface area contributed by atoms with Crippen molar-refractivity contribution in [2.24, 2.45) is 0 Å². The van der Waals surface area contributed by atoms with E-state index in [9.17, 15) is 0 Å². The molecule has 0 spiro atoms. The van der Waals surface area contributed by atoms with E-state index in [4.69, 9.17) is 10.5 Å². The van der Waals surface area contributed by atoms with Crippen LogP contribution in [0.3, 0.4) is 0 Å². The molecule has 1 fully saturated rings. The summed E-state index contributed by atoms with van der Waals surface area (Å²) in [6, 6.07) is 5.86. The number of anilines is 1. The van der Waals surface area contributed by atoms with Crippen molar-refractivity contribution in [3.8, 4) is 5.75 Å². The highest BCUT2D eigenvalue weighted by Crippen LogP contribution is 2.23. The van der Waals surface area contributed by atoms with Crippen LogP contribution in [0, 0.1) is 0 Å². The fourth-order valence-electron chi connectivity index (χ4n) is 2.42. The molecule has 0 aromatic heterocycles. The minimum Gasteiger partial charge on any atom is -0.496 e. The second-order valence-electron chi connectivity index (χ2n) is 5.00. The molecule has 4 nitrogen and oxygen atoms in total. The molecule has 0 aliphatic carbocycles. The third-order valence-corrected chi connectivity index (χ3v) is 3.51. The number of benzene rings is 1. The van der Waals surface area contributed by atoms with Crippen LogP contribution < -0.4 is 10.5 Å². The second-order valence-corrected chi connectivity index (χ2v) is 5.00. The summed E-state index contributed by atoms with van der Waals surface area (Å²) in [7, 11) is 3.90. The molecule has 2 rings (SSSR count). The van der Waals surface area contributed by atoms with Gasteiger partial charge in [0.05, 0.1) is 7.11 Å². The smallest absolute Gasteiger partial charge is 0.123 e. The van der Waals surface area contributed by atoms with Crippen molar-refractivity contribution >= 4 is 5.69 Å². The van der Waals surface area contributed by atoms with Crippen molar-refractivity contribution in [2.75, 3.05) is 46.1 Å². The quantitative estimate of drug-likeness (QED) is 0.823. The summed E-state index contributed by atoms with van der Waals surface area (Å²) in [5.41, 5.74) is 7.84. The van der Waals surface area contributed by atoms with Gasteiger partial charge in [0.2, 0.25) is 0 Å². The Kier molecular flexibility index (Phi) is 4.44. The molecule has 0 unspecified atom stereocenters. The summed E-state index contributed by atoms with van der Waals surface area (Å²) in [6.45, 7) is 5.48. The summed E-state index contributed by atoms with van der Waals surface area (Å²) in [4.78, 5) is 4.86. The fraction of sp³-hybridized carbons (Fsp3) is 0.571. The van der Waals surface area contributed by atoms with Gasteiger partial charge in [-0.3, -0.25) is 4.90 Å². The van der Waals surface area contributed by atoms with Crippen LogP contribution in [0.2, 0.25) is 0 Å². The van der Waals surface area contributed by atoms with Crippen LogP contribution in [-0.4, -0.2) is 50.1 Å². The van der Waals surface area contributed by atoms with Crippen LogP contribution >= 0.6 is 0 Å². The Hall–Kier alpha value is -1.26. The molecule has 0 atom stereocenters. The lowest BCUT2D eigenvalue weighted by Crippen LogP contribution is -2.28. The van der Waals surface area contributed by atoms with Gasteiger partial charge in [0.25, 0.3) is 0 Å². The molecule has 1 aromatic carbocycles. The Labute approximate surface area is 109 Å². The maximum atomic E-state index is 5.86. The molecule has 1 aromatic rings. The first-order chi connectivity index (χ1) is 8.69. The van der Waals surface area contributed by atoms with E-state index in [1.165, 1.54) is 18.5 Å². The van der Waals surface area contributed by atoms with Gasteiger partial charge in [-0.25, -0.2) is 0 Å². The number of rotatable bonds is 3. The molecular weight excluding hydrogens is 226 g/mol. The molecule has 100 valence electrons. The third kappa shape index (κ3) is 3.37. The van der Waals surface area contributed by atoms with Crippen molar-refractivity contribution in [2.45, 2.75) is 13.0 Å². The van der Waals surface area contributed by atoms with E-state index in [-0.39, 0.29) is 0 Å². The highest BCUT2D eigenvalue weighted by atomic mass is 16.5. The molecule has 1 saturated heterocycles. The van der Waals surface area contributed by atoms with E-state index in [0.717, 1.165) is 37.6 Å². The molecule has 1 aliphatic rings. The van der Waals surface area contributed by atoms with E-state index in [2.05, 4.69) is 16.8 Å². The minimum absolute atomic E-state index is 0.803. The zero-order chi connectivity index (χ0) is 13.0. The van der Waals surface area contributed by atoms with E-state index >= 15 is 0 Å². The highest BCUT2D eigenvalue weighted by molar-refractivity contribution is 5.47. The van der Waals surface area contributed by atoms with Gasteiger partial charge >= 0.3 is 0 Å².